The lowest BCUT2D eigenvalue weighted by Gasteiger charge is -2.09. The number of anilines is 2. The average Bonchev–Trinajstić information content (AvgIpc) is 2.34. The quantitative estimate of drug-likeness (QED) is 0.799. The summed E-state index contributed by atoms with van der Waals surface area (Å²) in [5, 5.41) is 12.3. The van der Waals surface area contributed by atoms with Gasteiger partial charge in [-0.15, -0.1) is 0 Å². The van der Waals surface area contributed by atoms with Gasteiger partial charge in [-0.3, -0.25) is 0 Å². The average molecular weight is 387 g/mol. The monoisotopic (exact) mass is 385 g/mol. The molecule has 0 aliphatic rings. The van der Waals surface area contributed by atoms with E-state index in [1.807, 2.05) is 12.1 Å². The van der Waals surface area contributed by atoms with Gasteiger partial charge in [0.15, 0.2) is 0 Å². The highest BCUT2D eigenvalue weighted by molar-refractivity contribution is 9.11. The van der Waals surface area contributed by atoms with E-state index in [0.29, 0.717) is 22.1 Å². The third-order valence-corrected chi connectivity index (χ3v) is 3.51. The molecule has 0 aliphatic carbocycles. The lowest BCUT2D eigenvalue weighted by atomic mass is 10.2. The molecule has 1 aromatic carbocycles. The number of nitrogens with zero attached hydrogens (tertiary/aromatic N) is 2. The van der Waals surface area contributed by atoms with E-state index in [4.69, 9.17) is 16.9 Å². The fourth-order valence-corrected chi connectivity index (χ4v) is 2.63. The van der Waals surface area contributed by atoms with Gasteiger partial charge >= 0.3 is 0 Å². The van der Waals surface area contributed by atoms with Crippen LogP contribution in [-0.4, -0.2) is 4.98 Å². The van der Waals surface area contributed by atoms with Crippen LogP contribution in [0, 0.1) is 11.3 Å². The Morgan fingerprint density at radius 1 is 1.28 bits per heavy atom. The van der Waals surface area contributed by atoms with E-state index in [-0.39, 0.29) is 0 Å². The first kappa shape index (κ1) is 13.3. The molecule has 3 nitrogen and oxygen atoms in total. The SMILES string of the molecule is N#Cc1ccc(Nc2ncc(Br)cc2Br)c(Cl)c1. The maximum absolute atomic E-state index is 8.76. The van der Waals surface area contributed by atoms with Crippen molar-refractivity contribution in [3.8, 4) is 6.07 Å². The molecule has 90 valence electrons. The van der Waals surface area contributed by atoms with Gasteiger partial charge in [-0.05, 0) is 56.1 Å². The molecule has 0 aliphatic heterocycles. The highest BCUT2D eigenvalue weighted by Crippen LogP contribution is 2.30. The number of aromatic nitrogens is 1. The van der Waals surface area contributed by atoms with Gasteiger partial charge in [0.25, 0.3) is 0 Å². The zero-order valence-corrected chi connectivity index (χ0v) is 12.8. The predicted molar refractivity (Wildman–Crippen MR) is 79.1 cm³/mol. The molecule has 1 aromatic heterocycles. The second-order valence-electron chi connectivity index (χ2n) is 3.42. The molecule has 0 bridgehead atoms. The number of nitrogens with one attached hydrogen (secondary N) is 1. The van der Waals surface area contributed by atoms with Crippen LogP contribution in [0.3, 0.4) is 0 Å². The summed E-state index contributed by atoms with van der Waals surface area (Å²) in [4.78, 5) is 4.23. The lowest BCUT2D eigenvalue weighted by molar-refractivity contribution is 1.27. The second-order valence-corrected chi connectivity index (χ2v) is 5.59. The fourth-order valence-electron chi connectivity index (χ4n) is 1.32. The summed E-state index contributed by atoms with van der Waals surface area (Å²) in [6, 6.07) is 8.97. The van der Waals surface area contributed by atoms with Gasteiger partial charge in [-0.25, -0.2) is 4.98 Å². The van der Waals surface area contributed by atoms with Gasteiger partial charge in [0.1, 0.15) is 5.82 Å². The maximum Gasteiger partial charge on any atom is 0.144 e. The minimum absolute atomic E-state index is 0.477. The van der Waals surface area contributed by atoms with E-state index in [1.54, 1.807) is 24.4 Å². The van der Waals surface area contributed by atoms with Gasteiger partial charge in [0.2, 0.25) is 0 Å². The van der Waals surface area contributed by atoms with E-state index in [2.05, 4.69) is 42.2 Å². The zero-order valence-electron chi connectivity index (χ0n) is 8.92. The van der Waals surface area contributed by atoms with Crippen LogP contribution >= 0.6 is 43.5 Å². The maximum atomic E-state index is 8.76. The molecule has 0 radical (unpaired) electrons. The molecular weight excluding hydrogens is 381 g/mol. The number of halogens is 3. The Labute approximate surface area is 126 Å². The van der Waals surface area contributed by atoms with Gasteiger partial charge in [-0.2, -0.15) is 5.26 Å². The molecule has 0 saturated heterocycles. The predicted octanol–water partition coefficient (Wildman–Crippen LogP) is 4.88. The van der Waals surface area contributed by atoms with E-state index in [1.165, 1.54) is 0 Å². The topological polar surface area (TPSA) is 48.7 Å². The summed E-state index contributed by atoms with van der Waals surface area (Å²) in [6.07, 6.45) is 1.69. The van der Waals surface area contributed by atoms with Gasteiger partial charge < -0.3 is 5.32 Å². The molecule has 6 heteroatoms. The van der Waals surface area contributed by atoms with Crippen LogP contribution < -0.4 is 5.32 Å². The first-order valence-corrected chi connectivity index (χ1v) is 6.84. The summed E-state index contributed by atoms with van der Waals surface area (Å²) in [5.41, 5.74) is 1.22. The molecule has 1 heterocycles. The van der Waals surface area contributed by atoms with Crippen LogP contribution in [0.25, 0.3) is 0 Å². The van der Waals surface area contributed by atoms with Crippen molar-refractivity contribution in [1.82, 2.24) is 4.98 Å². The number of benzene rings is 1. The molecule has 0 atom stereocenters. The molecule has 0 amide bonds. The van der Waals surface area contributed by atoms with Crippen molar-refractivity contribution >= 4 is 55.0 Å². The number of hydrogen-bond acceptors (Lipinski definition) is 3. The van der Waals surface area contributed by atoms with Crippen molar-refractivity contribution in [2.75, 3.05) is 5.32 Å². The van der Waals surface area contributed by atoms with Gasteiger partial charge in [0, 0.05) is 10.7 Å². The van der Waals surface area contributed by atoms with Crippen molar-refractivity contribution in [3.63, 3.8) is 0 Å². The second kappa shape index (κ2) is 5.70. The largest absolute Gasteiger partial charge is 0.338 e. The third-order valence-electron chi connectivity index (χ3n) is 2.16. The first-order valence-electron chi connectivity index (χ1n) is 4.88. The highest BCUT2D eigenvalue weighted by Gasteiger charge is 2.06. The molecule has 2 rings (SSSR count). The van der Waals surface area contributed by atoms with E-state index in [9.17, 15) is 0 Å². The van der Waals surface area contributed by atoms with Gasteiger partial charge in [-0.1, -0.05) is 11.6 Å². The van der Waals surface area contributed by atoms with Crippen LogP contribution in [0.15, 0.2) is 39.4 Å². The van der Waals surface area contributed by atoms with Crippen molar-refractivity contribution in [2.24, 2.45) is 0 Å². The molecule has 0 unspecified atom stereocenters. The zero-order chi connectivity index (χ0) is 13.1. The van der Waals surface area contributed by atoms with Crippen molar-refractivity contribution < 1.29 is 0 Å². The van der Waals surface area contributed by atoms with Crippen molar-refractivity contribution in [3.05, 3.63) is 50.0 Å². The Balaban J connectivity index is 2.32. The number of hydrogen-bond donors (Lipinski definition) is 1. The Bertz CT molecular complexity index is 638. The number of pyridine rings is 1. The molecule has 18 heavy (non-hydrogen) atoms. The van der Waals surface area contributed by atoms with Crippen molar-refractivity contribution in [2.45, 2.75) is 0 Å². The minimum Gasteiger partial charge on any atom is -0.338 e. The van der Waals surface area contributed by atoms with Crippen molar-refractivity contribution in [1.29, 1.82) is 5.26 Å². The van der Waals surface area contributed by atoms with Crippen LogP contribution in [0.2, 0.25) is 5.02 Å². The van der Waals surface area contributed by atoms with E-state index < -0.39 is 0 Å². The van der Waals surface area contributed by atoms with Crippen LogP contribution in [0.4, 0.5) is 11.5 Å². The Hall–Kier alpha value is -1.09. The smallest absolute Gasteiger partial charge is 0.144 e. The van der Waals surface area contributed by atoms with Gasteiger partial charge in [0.05, 0.1) is 26.8 Å². The third kappa shape index (κ3) is 3.02. The standard InChI is InChI=1S/C12H6Br2ClN3/c13-8-4-9(14)12(17-6-8)18-11-2-1-7(5-16)3-10(11)15/h1-4,6H,(H,17,18). The number of rotatable bonds is 2. The fraction of sp³-hybridized carbons (Fsp3) is 0. The normalized spacial score (nSPS) is 9.89. The molecular formula is C12H6Br2ClN3. The Kier molecular flexibility index (Phi) is 4.23. The summed E-state index contributed by atoms with van der Waals surface area (Å²) in [6.45, 7) is 0. The molecule has 1 N–H and O–H groups in total. The Morgan fingerprint density at radius 2 is 2.06 bits per heavy atom. The molecule has 2 aromatic rings. The van der Waals surface area contributed by atoms with E-state index >= 15 is 0 Å². The summed E-state index contributed by atoms with van der Waals surface area (Å²) >= 11 is 12.8. The summed E-state index contributed by atoms with van der Waals surface area (Å²) in [7, 11) is 0. The minimum atomic E-state index is 0.477. The van der Waals surface area contributed by atoms with Crippen LogP contribution in [0.1, 0.15) is 5.56 Å². The Morgan fingerprint density at radius 3 is 2.67 bits per heavy atom. The summed E-state index contributed by atoms with van der Waals surface area (Å²) in [5.74, 6) is 0.657. The lowest BCUT2D eigenvalue weighted by Crippen LogP contribution is -1.95. The molecule has 0 saturated carbocycles. The van der Waals surface area contributed by atoms with Crippen LogP contribution in [-0.2, 0) is 0 Å². The molecule has 0 spiro atoms. The molecule has 0 fully saturated rings. The summed E-state index contributed by atoms with van der Waals surface area (Å²) < 4.78 is 1.70. The van der Waals surface area contributed by atoms with Crippen LogP contribution in [0.5, 0.6) is 0 Å². The first-order chi connectivity index (χ1) is 8.60. The highest BCUT2D eigenvalue weighted by atomic mass is 79.9. The van der Waals surface area contributed by atoms with E-state index in [0.717, 1.165) is 8.95 Å². The number of nitriles is 1.